The second-order valence-corrected chi connectivity index (χ2v) is 12.2. The lowest BCUT2D eigenvalue weighted by Gasteiger charge is -2.21. The molecule has 0 amide bonds. The number of hydrogen-bond donors (Lipinski definition) is 2. The van der Waals surface area contributed by atoms with E-state index in [1.165, 1.54) is 56.0 Å². The molecule has 302 valence electrons. The summed E-state index contributed by atoms with van der Waals surface area (Å²) in [5.41, 5.74) is -3.49. The predicted molar refractivity (Wildman–Crippen MR) is 195 cm³/mol. The Labute approximate surface area is 315 Å². The highest BCUT2D eigenvalue weighted by molar-refractivity contribution is 5.56. The molecular weight excluding hydrogens is 743 g/mol. The average Bonchev–Trinajstić information content (AvgIpc) is 3.13. The van der Waals surface area contributed by atoms with Crippen LogP contribution in [0.2, 0.25) is 0 Å². The van der Waals surface area contributed by atoms with E-state index in [4.69, 9.17) is 10.5 Å². The number of nitro benzene ring substituents is 1. The predicted octanol–water partition coefficient (Wildman–Crippen LogP) is 12.2. The zero-order chi connectivity index (χ0) is 41.8. The molecule has 0 radical (unpaired) electrons. The van der Waals surface area contributed by atoms with Crippen LogP contribution >= 0.6 is 0 Å². The van der Waals surface area contributed by atoms with Gasteiger partial charge in [-0.2, -0.15) is 50.0 Å². The second-order valence-electron chi connectivity index (χ2n) is 12.2. The van der Waals surface area contributed by atoms with Gasteiger partial charge in [0.2, 0.25) is 0 Å². The van der Waals surface area contributed by atoms with Crippen molar-refractivity contribution in [3.05, 3.63) is 92.5 Å². The summed E-state index contributed by atoms with van der Waals surface area (Å²) >= 11 is 0. The van der Waals surface area contributed by atoms with Crippen LogP contribution in [-0.2, 0) is 18.5 Å². The van der Waals surface area contributed by atoms with Crippen molar-refractivity contribution in [2.24, 2.45) is 0 Å². The van der Waals surface area contributed by atoms with Gasteiger partial charge >= 0.3 is 18.5 Å². The molecule has 0 aromatic heterocycles. The third kappa shape index (κ3) is 16.8. The summed E-state index contributed by atoms with van der Waals surface area (Å²) in [6.45, 7) is 7.77. The minimum absolute atomic E-state index is 0.227. The molecule has 0 heterocycles. The van der Waals surface area contributed by atoms with Crippen molar-refractivity contribution < 1.29 is 44.4 Å². The smallest absolute Gasteiger partial charge is 0.385 e. The Morgan fingerprint density at radius 1 is 0.636 bits per heavy atom. The molecule has 55 heavy (non-hydrogen) atoms. The molecule has 3 aromatic rings. The normalized spacial score (nSPS) is 11.2. The van der Waals surface area contributed by atoms with Crippen molar-refractivity contribution in [2.45, 2.75) is 90.7 Å². The molecule has 0 aliphatic rings. The van der Waals surface area contributed by atoms with E-state index in [-0.39, 0.29) is 16.8 Å². The lowest BCUT2D eigenvalue weighted by Crippen LogP contribution is -2.19. The zero-order valence-corrected chi connectivity index (χ0v) is 31.0. The first-order valence-electron chi connectivity index (χ1n) is 17.5. The van der Waals surface area contributed by atoms with Crippen LogP contribution in [0.4, 0.5) is 62.3 Å². The maximum Gasteiger partial charge on any atom is 0.423 e. The molecule has 3 rings (SSSR count). The molecule has 0 saturated heterocycles. The molecule has 0 spiro atoms. The minimum Gasteiger partial charge on any atom is -0.385 e. The van der Waals surface area contributed by atoms with E-state index < -0.39 is 45.8 Å². The minimum atomic E-state index is -4.73. The van der Waals surface area contributed by atoms with E-state index in [0.717, 1.165) is 56.5 Å². The summed E-state index contributed by atoms with van der Waals surface area (Å²) in [6, 6.07) is 13.5. The zero-order valence-electron chi connectivity index (χ0n) is 31.0. The average molecular weight is 789 g/mol. The number of halogens is 9. The van der Waals surface area contributed by atoms with Gasteiger partial charge in [0.05, 0.1) is 39.3 Å². The van der Waals surface area contributed by atoms with E-state index in [1.54, 1.807) is 19.2 Å². The summed E-state index contributed by atoms with van der Waals surface area (Å²) in [4.78, 5) is 11.3. The molecule has 0 bridgehead atoms. The fourth-order valence-corrected chi connectivity index (χ4v) is 4.92. The van der Waals surface area contributed by atoms with E-state index in [0.29, 0.717) is 24.5 Å². The van der Waals surface area contributed by atoms with Crippen molar-refractivity contribution >= 4 is 22.7 Å². The standard InChI is InChI=1S/C17H23F3N2.C11H11F3N2.C10H11F3N2O2/c1-3-4-5-6-7-8-11-22(2)15-10-9-14(13-21)16(12-15)17(18,19)20;1-2-5-16-9-4-3-8(7-15)10(6-9)11(12,13)14;1-2-5-14-7-3-4-9(15(16)17)8(6-7)10(11,12)13/h9-10,12H,3-8,11H2,1-2H3;3-4,6,16H,2,5H2,1H3;3-4,6,14H,2,5H2,1H3. The topological polar surface area (TPSA) is 118 Å². The van der Waals surface area contributed by atoms with E-state index in [1.807, 2.05) is 18.7 Å². The number of nitrogens with zero attached hydrogens (tertiary/aromatic N) is 4. The van der Waals surface area contributed by atoms with Gasteiger partial charge in [0, 0.05) is 49.8 Å². The van der Waals surface area contributed by atoms with Gasteiger partial charge in [-0.3, -0.25) is 10.1 Å². The molecule has 17 heteroatoms. The van der Waals surface area contributed by atoms with Gasteiger partial charge in [-0.15, -0.1) is 0 Å². The molecule has 0 atom stereocenters. The summed E-state index contributed by atoms with van der Waals surface area (Å²) in [7, 11) is 1.79. The molecule has 0 fully saturated rings. The Morgan fingerprint density at radius 3 is 1.53 bits per heavy atom. The maximum absolute atomic E-state index is 12.9. The molecule has 0 unspecified atom stereocenters. The number of unbranched alkanes of at least 4 members (excludes halogenated alkanes) is 5. The molecule has 3 aromatic carbocycles. The number of nitro groups is 1. The highest BCUT2D eigenvalue weighted by Crippen LogP contribution is 2.38. The Bertz CT molecular complexity index is 1730. The lowest BCUT2D eigenvalue weighted by molar-refractivity contribution is -0.388. The third-order valence-electron chi connectivity index (χ3n) is 7.82. The lowest BCUT2D eigenvalue weighted by atomic mass is 10.1. The molecule has 0 aliphatic heterocycles. The Morgan fingerprint density at radius 2 is 1.07 bits per heavy atom. The van der Waals surface area contributed by atoms with Gasteiger partial charge in [-0.25, -0.2) is 0 Å². The van der Waals surface area contributed by atoms with Gasteiger partial charge in [0.15, 0.2) is 0 Å². The Kier molecular flexibility index (Phi) is 19.9. The number of hydrogen-bond acceptors (Lipinski definition) is 7. The quantitative estimate of drug-likeness (QED) is 0.0681. The number of rotatable bonds is 15. The first kappa shape index (κ1) is 47.8. The highest BCUT2D eigenvalue weighted by Gasteiger charge is 2.38. The van der Waals surface area contributed by atoms with Crippen LogP contribution in [-0.4, -0.2) is 31.6 Å². The molecule has 0 aliphatic carbocycles. The monoisotopic (exact) mass is 788 g/mol. The van der Waals surface area contributed by atoms with E-state index in [9.17, 15) is 49.6 Å². The number of nitriles is 2. The molecular formula is C38H45F9N6O2. The van der Waals surface area contributed by atoms with Gasteiger partial charge in [0.25, 0.3) is 5.69 Å². The number of benzene rings is 3. The third-order valence-corrected chi connectivity index (χ3v) is 7.82. The SMILES string of the molecule is CCCCCCCCN(C)c1ccc(C#N)c(C(F)(F)F)c1.CCCNc1ccc(C#N)c(C(F)(F)F)c1.CCCNc1ccc([N+](=O)[O-])c(C(F)(F)F)c1. The van der Waals surface area contributed by atoms with Gasteiger partial charge < -0.3 is 15.5 Å². The van der Waals surface area contributed by atoms with Crippen molar-refractivity contribution in [3.63, 3.8) is 0 Å². The fourth-order valence-electron chi connectivity index (χ4n) is 4.92. The van der Waals surface area contributed by atoms with Gasteiger partial charge in [-0.1, -0.05) is 52.9 Å². The Balaban J connectivity index is 0.000000419. The molecule has 0 saturated carbocycles. The largest absolute Gasteiger partial charge is 0.423 e. The highest BCUT2D eigenvalue weighted by atomic mass is 19.4. The van der Waals surface area contributed by atoms with Crippen molar-refractivity contribution in [1.29, 1.82) is 10.5 Å². The second kappa shape index (κ2) is 22.9. The molecule has 8 nitrogen and oxygen atoms in total. The van der Waals surface area contributed by atoms with Crippen LogP contribution < -0.4 is 15.5 Å². The van der Waals surface area contributed by atoms with Crippen LogP contribution in [0.5, 0.6) is 0 Å². The fraction of sp³-hybridized carbons (Fsp3) is 0.474. The van der Waals surface area contributed by atoms with Gasteiger partial charge in [0.1, 0.15) is 5.56 Å². The maximum atomic E-state index is 12.9. The molecule has 2 N–H and O–H groups in total. The van der Waals surface area contributed by atoms with Crippen molar-refractivity contribution in [1.82, 2.24) is 0 Å². The summed E-state index contributed by atoms with van der Waals surface area (Å²) < 4.78 is 114. The van der Waals surface area contributed by atoms with Crippen LogP contribution in [0.3, 0.4) is 0 Å². The van der Waals surface area contributed by atoms with Crippen molar-refractivity contribution in [2.75, 3.05) is 42.2 Å². The number of anilines is 3. The van der Waals surface area contributed by atoms with Crippen LogP contribution in [0.1, 0.15) is 100.0 Å². The number of alkyl halides is 9. The summed E-state index contributed by atoms with van der Waals surface area (Å²) in [5, 5.41) is 33.4. The van der Waals surface area contributed by atoms with E-state index >= 15 is 0 Å². The van der Waals surface area contributed by atoms with Crippen molar-refractivity contribution in [3.8, 4) is 12.1 Å². The van der Waals surface area contributed by atoms with Crippen LogP contribution in [0, 0.1) is 32.8 Å². The summed E-state index contributed by atoms with van der Waals surface area (Å²) in [5.74, 6) is 0. The first-order valence-corrected chi connectivity index (χ1v) is 17.5. The first-order chi connectivity index (χ1) is 25.7. The van der Waals surface area contributed by atoms with Crippen LogP contribution in [0.15, 0.2) is 54.6 Å². The van der Waals surface area contributed by atoms with Crippen LogP contribution in [0.25, 0.3) is 0 Å². The summed E-state index contributed by atoms with van der Waals surface area (Å²) in [6.07, 6.45) is -5.28. The Hall–Kier alpha value is -5.19. The number of nitrogens with one attached hydrogen (secondary N) is 2. The van der Waals surface area contributed by atoms with Gasteiger partial charge in [-0.05, 0) is 67.8 Å². The van der Waals surface area contributed by atoms with E-state index in [2.05, 4.69) is 17.6 Å².